The average molecular weight is 288 g/mol. The predicted octanol–water partition coefficient (Wildman–Crippen LogP) is 2.62. The summed E-state index contributed by atoms with van der Waals surface area (Å²) in [5, 5.41) is 4.02. The molecule has 0 bridgehead atoms. The van der Waals surface area contributed by atoms with Gasteiger partial charge in [0, 0.05) is 0 Å². The summed E-state index contributed by atoms with van der Waals surface area (Å²) in [6.45, 7) is 0. The van der Waals surface area contributed by atoms with Crippen molar-refractivity contribution < 1.29 is 4.39 Å². The van der Waals surface area contributed by atoms with Gasteiger partial charge in [-0.3, -0.25) is 0 Å². The fraction of sp³-hybridized carbons (Fsp3) is 0. The molecule has 66 valence electrons. The number of rotatable bonds is 1. The Bertz CT molecular complexity index is 425. The van der Waals surface area contributed by atoms with E-state index in [0.717, 1.165) is 3.70 Å². The number of nitrogens with zero attached hydrogens (tertiary/aromatic N) is 2. The van der Waals surface area contributed by atoms with Crippen LogP contribution in [0.25, 0.3) is 5.69 Å². The molecule has 4 heteroatoms. The highest BCUT2D eigenvalue weighted by Crippen LogP contribution is 2.15. The molecule has 2 aromatic rings. The van der Waals surface area contributed by atoms with Gasteiger partial charge in [-0.2, -0.15) is 5.10 Å². The molecule has 0 N–H and O–H groups in total. The molecule has 0 atom stereocenters. The van der Waals surface area contributed by atoms with Crippen LogP contribution in [0.3, 0.4) is 0 Å². The van der Waals surface area contributed by atoms with Crippen molar-refractivity contribution in [1.82, 2.24) is 9.78 Å². The first-order chi connectivity index (χ1) is 6.29. The van der Waals surface area contributed by atoms with Gasteiger partial charge >= 0.3 is 0 Å². The summed E-state index contributed by atoms with van der Waals surface area (Å²) < 4.78 is 15.7. The fourth-order valence-corrected chi connectivity index (χ4v) is 1.63. The van der Waals surface area contributed by atoms with Crippen molar-refractivity contribution in [1.29, 1.82) is 0 Å². The van der Waals surface area contributed by atoms with Crippen molar-refractivity contribution in [2.45, 2.75) is 0 Å². The lowest BCUT2D eigenvalue weighted by molar-refractivity contribution is 0.609. The van der Waals surface area contributed by atoms with E-state index >= 15 is 0 Å². The van der Waals surface area contributed by atoms with Gasteiger partial charge in [0.2, 0.25) is 0 Å². The maximum atomic E-state index is 13.3. The molecule has 1 heterocycles. The first kappa shape index (κ1) is 8.68. The van der Waals surface area contributed by atoms with Crippen molar-refractivity contribution in [2.75, 3.05) is 0 Å². The van der Waals surface area contributed by atoms with E-state index in [1.54, 1.807) is 29.1 Å². The van der Waals surface area contributed by atoms with Gasteiger partial charge in [-0.25, -0.2) is 9.07 Å². The number of hydrogen-bond acceptors (Lipinski definition) is 1. The van der Waals surface area contributed by atoms with Gasteiger partial charge in [0.05, 0.1) is 6.20 Å². The molecule has 0 aliphatic heterocycles. The zero-order chi connectivity index (χ0) is 9.26. The minimum Gasteiger partial charge on any atom is -0.225 e. The third kappa shape index (κ3) is 1.58. The maximum absolute atomic E-state index is 13.3. The quantitative estimate of drug-likeness (QED) is 0.738. The van der Waals surface area contributed by atoms with Gasteiger partial charge in [-0.15, -0.1) is 0 Å². The molecule has 0 fully saturated rings. The molecular formula is C9H6FIN2. The van der Waals surface area contributed by atoms with Gasteiger partial charge in [0.25, 0.3) is 0 Å². The van der Waals surface area contributed by atoms with Crippen LogP contribution in [-0.2, 0) is 0 Å². The molecule has 2 nitrogen and oxygen atoms in total. The SMILES string of the molecule is Fc1ccccc1-n1nccc1I. The highest BCUT2D eigenvalue weighted by atomic mass is 127. The Labute approximate surface area is 88.5 Å². The summed E-state index contributed by atoms with van der Waals surface area (Å²) in [5.74, 6) is -0.260. The van der Waals surface area contributed by atoms with E-state index in [0.29, 0.717) is 5.69 Å². The summed E-state index contributed by atoms with van der Waals surface area (Å²) in [6.07, 6.45) is 1.65. The molecule has 0 amide bonds. The lowest BCUT2D eigenvalue weighted by Crippen LogP contribution is -2.00. The van der Waals surface area contributed by atoms with E-state index in [9.17, 15) is 4.39 Å². The van der Waals surface area contributed by atoms with Crippen LogP contribution in [0.1, 0.15) is 0 Å². The minimum absolute atomic E-state index is 0.260. The van der Waals surface area contributed by atoms with Crippen LogP contribution in [-0.4, -0.2) is 9.78 Å². The zero-order valence-electron chi connectivity index (χ0n) is 6.61. The second kappa shape index (κ2) is 3.45. The van der Waals surface area contributed by atoms with Crippen LogP contribution in [0.2, 0.25) is 0 Å². The molecule has 0 unspecified atom stereocenters. The molecule has 0 aliphatic rings. The topological polar surface area (TPSA) is 17.8 Å². The molecule has 0 saturated carbocycles. The summed E-state index contributed by atoms with van der Waals surface area (Å²) in [4.78, 5) is 0. The Hall–Kier alpha value is -0.910. The van der Waals surface area contributed by atoms with E-state index in [1.165, 1.54) is 6.07 Å². The Morgan fingerprint density at radius 2 is 2.00 bits per heavy atom. The molecule has 0 radical (unpaired) electrons. The molecule has 0 spiro atoms. The van der Waals surface area contributed by atoms with E-state index in [2.05, 4.69) is 27.7 Å². The Morgan fingerprint density at radius 1 is 1.23 bits per heavy atom. The van der Waals surface area contributed by atoms with E-state index in [1.807, 2.05) is 6.07 Å². The standard InChI is InChI=1S/C9H6FIN2/c10-7-3-1-2-4-8(7)13-9(11)5-6-12-13/h1-6H. The van der Waals surface area contributed by atoms with Crippen LogP contribution in [0, 0.1) is 9.52 Å². The summed E-state index contributed by atoms with van der Waals surface area (Å²) in [5.41, 5.74) is 0.483. The fourth-order valence-electron chi connectivity index (χ4n) is 1.09. The van der Waals surface area contributed by atoms with Gasteiger partial charge < -0.3 is 0 Å². The number of para-hydroxylation sites is 1. The lowest BCUT2D eigenvalue weighted by atomic mass is 10.3. The van der Waals surface area contributed by atoms with Crippen molar-refractivity contribution in [2.24, 2.45) is 0 Å². The predicted molar refractivity (Wildman–Crippen MR) is 56.2 cm³/mol. The van der Waals surface area contributed by atoms with Crippen LogP contribution in [0.4, 0.5) is 4.39 Å². The van der Waals surface area contributed by atoms with Crippen molar-refractivity contribution in [3.63, 3.8) is 0 Å². The third-order valence-corrected chi connectivity index (χ3v) is 2.49. The van der Waals surface area contributed by atoms with Crippen LogP contribution < -0.4 is 0 Å². The Balaban J connectivity index is 2.59. The highest BCUT2D eigenvalue weighted by Gasteiger charge is 2.05. The zero-order valence-corrected chi connectivity index (χ0v) is 8.77. The van der Waals surface area contributed by atoms with Crippen molar-refractivity contribution >= 4 is 22.6 Å². The monoisotopic (exact) mass is 288 g/mol. The molecule has 13 heavy (non-hydrogen) atoms. The Morgan fingerprint density at radius 3 is 2.62 bits per heavy atom. The summed E-state index contributed by atoms with van der Waals surface area (Å²) >= 11 is 2.11. The molecule has 0 saturated heterocycles. The number of aromatic nitrogens is 2. The lowest BCUT2D eigenvalue weighted by Gasteiger charge is -2.03. The van der Waals surface area contributed by atoms with E-state index in [-0.39, 0.29) is 5.82 Å². The minimum atomic E-state index is -0.260. The molecule has 1 aromatic heterocycles. The third-order valence-electron chi connectivity index (χ3n) is 1.68. The first-order valence-corrected chi connectivity index (χ1v) is 4.81. The van der Waals surface area contributed by atoms with Crippen molar-refractivity contribution in [3.05, 3.63) is 46.0 Å². The maximum Gasteiger partial charge on any atom is 0.148 e. The summed E-state index contributed by atoms with van der Waals surface area (Å²) in [7, 11) is 0. The Kier molecular flexibility index (Phi) is 2.30. The summed E-state index contributed by atoms with van der Waals surface area (Å²) in [6, 6.07) is 8.40. The van der Waals surface area contributed by atoms with E-state index < -0.39 is 0 Å². The molecule has 0 aliphatic carbocycles. The number of halogens is 2. The van der Waals surface area contributed by atoms with Gasteiger partial charge in [-0.05, 0) is 40.8 Å². The largest absolute Gasteiger partial charge is 0.225 e. The van der Waals surface area contributed by atoms with Gasteiger partial charge in [-0.1, -0.05) is 12.1 Å². The number of hydrogen-bond donors (Lipinski definition) is 0. The van der Waals surface area contributed by atoms with Gasteiger partial charge in [0.15, 0.2) is 0 Å². The molecule has 2 rings (SSSR count). The first-order valence-electron chi connectivity index (χ1n) is 3.73. The van der Waals surface area contributed by atoms with Crippen LogP contribution in [0.15, 0.2) is 36.5 Å². The smallest absolute Gasteiger partial charge is 0.148 e. The molecule has 1 aromatic carbocycles. The van der Waals surface area contributed by atoms with Gasteiger partial charge in [0.1, 0.15) is 15.2 Å². The average Bonchev–Trinajstić information content (AvgIpc) is 2.52. The normalized spacial score (nSPS) is 10.3. The van der Waals surface area contributed by atoms with E-state index in [4.69, 9.17) is 0 Å². The second-order valence-corrected chi connectivity index (χ2v) is 3.62. The van der Waals surface area contributed by atoms with Crippen LogP contribution >= 0.6 is 22.6 Å². The highest BCUT2D eigenvalue weighted by molar-refractivity contribution is 14.1. The molecular weight excluding hydrogens is 282 g/mol. The second-order valence-electron chi connectivity index (χ2n) is 2.52. The number of benzene rings is 1. The van der Waals surface area contributed by atoms with Crippen LogP contribution in [0.5, 0.6) is 0 Å². The van der Waals surface area contributed by atoms with Crippen molar-refractivity contribution in [3.8, 4) is 5.69 Å².